The summed E-state index contributed by atoms with van der Waals surface area (Å²) in [6.45, 7) is 6.09. The van der Waals surface area contributed by atoms with Crippen LogP contribution in [0, 0.1) is 13.8 Å². The SMILES string of the molecule is Cc1cccc(-n2nnnc2S[C@@H](C)c2nnc(-c3cccc(Cl)c3)o2)c1C. The molecule has 0 saturated carbocycles. The molecule has 28 heavy (non-hydrogen) atoms. The van der Waals surface area contributed by atoms with Crippen LogP contribution in [0.2, 0.25) is 5.02 Å². The van der Waals surface area contributed by atoms with Crippen LogP contribution in [-0.4, -0.2) is 30.4 Å². The Labute approximate surface area is 171 Å². The molecular formula is C19H17ClN6OS. The molecule has 7 nitrogen and oxygen atoms in total. The van der Waals surface area contributed by atoms with Crippen LogP contribution in [0.4, 0.5) is 0 Å². The molecule has 2 aromatic carbocycles. The monoisotopic (exact) mass is 412 g/mol. The van der Waals surface area contributed by atoms with Crippen LogP contribution in [0.25, 0.3) is 17.1 Å². The van der Waals surface area contributed by atoms with E-state index in [1.807, 2.05) is 31.2 Å². The van der Waals surface area contributed by atoms with Crippen LogP contribution in [-0.2, 0) is 0 Å². The molecule has 4 rings (SSSR count). The van der Waals surface area contributed by atoms with E-state index in [9.17, 15) is 0 Å². The summed E-state index contributed by atoms with van der Waals surface area (Å²) < 4.78 is 7.58. The summed E-state index contributed by atoms with van der Waals surface area (Å²) in [6.07, 6.45) is 0. The Morgan fingerprint density at radius 2 is 1.89 bits per heavy atom. The maximum Gasteiger partial charge on any atom is 0.247 e. The molecule has 0 N–H and O–H groups in total. The van der Waals surface area contributed by atoms with Crippen molar-refractivity contribution in [3.63, 3.8) is 0 Å². The first-order chi connectivity index (χ1) is 13.5. The first-order valence-corrected chi connectivity index (χ1v) is 9.89. The van der Waals surface area contributed by atoms with E-state index in [-0.39, 0.29) is 5.25 Å². The van der Waals surface area contributed by atoms with Crippen molar-refractivity contribution in [1.29, 1.82) is 0 Å². The van der Waals surface area contributed by atoms with Gasteiger partial charge in [0.1, 0.15) is 0 Å². The van der Waals surface area contributed by atoms with Crippen LogP contribution < -0.4 is 0 Å². The number of halogens is 1. The summed E-state index contributed by atoms with van der Waals surface area (Å²) in [6, 6.07) is 13.4. The van der Waals surface area contributed by atoms with Gasteiger partial charge in [0.15, 0.2) is 0 Å². The molecule has 0 aliphatic rings. The molecule has 0 radical (unpaired) electrons. The van der Waals surface area contributed by atoms with Crippen LogP contribution in [0.5, 0.6) is 0 Å². The lowest BCUT2D eigenvalue weighted by Crippen LogP contribution is -2.03. The van der Waals surface area contributed by atoms with Crippen LogP contribution in [0.3, 0.4) is 0 Å². The highest BCUT2D eigenvalue weighted by molar-refractivity contribution is 7.99. The predicted molar refractivity (Wildman–Crippen MR) is 108 cm³/mol. The van der Waals surface area contributed by atoms with Gasteiger partial charge in [-0.2, -0.15) is 4.68 Å². The first kappa shape index (κ1) is 18.6. The zero-order chi connectivity index (χ0) is 19.7. The van der Waals surface area contributed by atoms with Gasteiger partial charge >= 0.3 is 0 Å². The third-order valence-corrected chi connectivity index (χ3v) is 5.64. The van der Waals surface area contributed by atoms with E-state index >= 15 is 0 Å². The van der Waals surface area contributed by atoms with E-state index < -0.39 is 0 Å². The highest BCUT2D eigenvalue weighted by Gasteiger charge is 2.21. The van der Waals surface area contributed by atoms with Gasteiger partial charge in [-0.05, 0) is 66.6 Å². The minimum atomic E-state index is -0.129. The van der Waals surface area contributed by atoms with Crippen LogP contribution >= 0.6 is 23.4 Å². The largest absolute Gasteiger partial charge is 0.419 e. The van der Waals surface area contributed by atoms with Gasteiger partial charge in [0.25, 0.3) is 0 Å². The molecule has 2 aromatic heterocycles. The lowest BCUT2D eigenvalue weighted by Gasteiger charge is -2.10. The fourth-order valence-electron chi connectivity index (χ4n) is 2.71. The second-order valence-corrected chi connectivity index (χ2v) is 8.05. The fourth-order valence-corrected chi connectivity index (χ4v) is 3.74. The van der Waals surface area contributed by atoms with E-state index in [1.165, 1.54) is 17.3 Å². The molecule has 0 amide bonds. The minimum absolute atomic E-state index is 0.129. The lowest BCUT2D eigenvalue weighted by molar-refractivity contribution is 0.508. The third kappa shape index (κ3) is 3.65. The Morgan fingerprint density at radius 3 is 2.71 bits per heavy atom. The average molecular weight is 413 g/mol. The van der Waals surface area contributed by atoms with Gasteiger partial charge in [-0.1, -0.05) is 41.6 Å². The fraction of sp³-hybridized carbons (Fsp3) is 0.211. The minimum Gasteiger partial charge on any atom is -0.419 e. The highest BCUT2D eigenvalue weighted by atomic mass is 35.5. The molecule has 4 aromatic rings. The standard InChI is InChI=1S/C19H17ClN6OS/c1-11-6-4-9-16(12(11)2)26-19(23-24-25-26)28-13(3)17-21-22-18(27-17)14-7-5-8-15(20)10-14/h4-10,13H,1-3H3/t13-/m0/s1. The number of aryl methyl sites for hydroxylation is 1. The van der Waals surface area contributed by atoms with Gasteiger partial charge in [-0.15, -0.1) is 15.3 Å². The van der Waals surface area contributed by atoms with Crippen molar-refractivity contribution in [2.45, 2.75) is 31.2 Å². The highest BCUT2D eigenvalue weighted by Crippen LogP contribution is 2.35. The molecule has 142 valence electrons. The number of hydrogen-bond acceptors (Lipinski definition) is 7. The van der Waals surface area contributed by atoms with Gasteiger partial charge in [0.2, 0.25) is 16.9 Å². The van der Waals surface area contributed by atoms with Gasteiger partial charge < -0.3 is 4.42 Å². The summed E-state index contributed by atoms with van der Waals surface area (Å²) in [5.74, 6) is 0.926. The maximum absolute atomic E-state index is 6.04. The molecule has 0 bridgehead atoms. The van der Waals surface area contributed by atoms with Crippen molar-refractivity contribution in [1.82, 2.24) is 30.4 Å². The topological polar surface area (TPSA) is 82.5 Å². The summed E-state index contributed by atoms with van der Waals surface area (Å²) >= 11 is 7.50. The van der Waals surface area contributed by atoms with E-state index in [0.29, 0.717) is 22.0 Å². The van der Waals surface area contributed by atoms with Crippen LogP contribution in [0.15, 0.2) is 52.0 Å². The third-order valence-electron chi connectivity index (χ3n) is 4.39. The number of hydrogen-bond donors (Lipinski definition) is 0. The Kier molecular flexibility index (Phi) is 5.15. The molecule has 0 saturated heterocycles. The molecule has 9 heteroatoms. The van der Waals surface area contributed by atoms with E-state index in [4.69, 9.17) is 16.0 Å². The average Bonchev–Trinajstić information content (AvgIpc) is 3.34. The smallest absolute Gasteiger partial charge is 0.247 e. The second kappa shape index (κ2) is 7.73. The van der Waals surface area contributed by atoms with Crippen molar-refractivity contribution in [3.05, 3.63) is 64.5 Å². The molecule has 0 aliphatic carbocycles. The van der Waals surface area contributed by atoms with Gasteiger partial charge in [-0.3, -0.25) is 0 Å². The number of aromatic nitrogens is 6. The second-order valence-electron chi connectivity index (χ2n) is 6.31. The predicted octanol–water partition coefficient (Wildman–Crippen LogP) is 4.84. The van der Waals surface area contributed by atoms with Crippen molar-refractivity contribution in [2.24, 2.45) is 0 Å². The summed E-state index contributed by atoms with van der Waals surface area (Å²) in [5, 5.41) is 21.6. The van der Waals surface area contributed by atoms with Crippen LogP contribution in [0.1, 0.15) is 29.2 Å². The van der Waals surface area contributed by atoms with Gasteiger partial charge in [0.05, 0.1) is 10.9 Å². The molecule has 1 atom stereocenters. The summed E-state index contributed by atoms with van der Waals surface area (Å²) in [4.78, 5) is 0. The Bertz CT molecular complexity index is 1130. The summed E-state index contributed by atoms with van der Waals surface area (Å²) in [5.41, 5.74) is 4.04. The molecule has 0 fully saturated rings. The van der Waals surface area contributed by atoms with Crippen molar-refractivity contribution < 1.29 is 4.42 Å². The molecule has 2 heterocycles. The van der Waals surface area contributed by atoms with Crippen molar-refractivity contribution in [3.8, 4) is 17.1 Å². The lowest BCUT2D eigenvalue weighted by atomic mass is 10.1. The van der Waals surface area contributed by atoms with Crippen molar-refractivity contribution >= 4 is 23.4 Å². The van der Waals surface area contributed by atoms with Crippen molar-refractivity contribution in [2.75, 3.05) is 0 Å². The molecule has 0 spiro atoms. The summed E-state index contributed by atoms with van der Waals surface area (Å²) in [7, 11) is 0. The zero-order valence-electron chi connectivity index (χ0n) is 15.5. The van der Waals surface area contributed by atoms with E-state index in [2.05, 4.69) is 45.6 Å². The number of thioether (sulfide) groups is 1. The normalized spacial score (nSPS) is 12.3. The van der Waals surface area contributed by atoms with Gasteiger partial charge in [-0.25, -0.2) is 0 Å². The number of tetrazole rings is 1. The Hall–Kier alpha value is -2.71. The Balaban J connectivity index is 1.58. The maximum atomic E-state index is 6.04. The van der Waals surface area contributed by atoms with Gasteiger partial charge in [0, 0.05) is 10.6 Å². The first-order valence-electron chi connectivity index (χ1n) is 8.64. The molecule has 0 aliphatic heterocycles. The quantitative estimate of drug-likeness (QED) is 0.434. The number of benzene rings is 2. The zero-order valence-corrected chi connectivity index (χ0v) is 17.1. The Morgan fingerprint density at radius 1 is 1.07 bits per heavy atom. The molecular weight excluding hydrogens is 396 g/mol. The number of rotatable bonds is 5. The van der Waals surface area contributed by atoms with E-state index in [1.54, 1.807) is 16.8 Å². The number of nitrogens with zero attached hydrogens (tertiary/aromatic N) is 6. The molecule has 0 unspecified atom stereocenters. The van der Waals surface area contributed by atoms with E-state index in [0.717, 1.165) is 16.8 Å².